The molecule has 0 spiro atoms. The van der Waals surface area contributed by atoms with Crippen LogP contribution in [0.25, 0.3) is 0 Å². The van der Waals surface area contributed by atoms with E-state index in [1.165, 1.54) is 18.4 Å². The number of thioether (sulfide) groups is 1. The van der Waals surface area contributed by atoms with Gasteiger partial charge in [-0.2, -0.15) is 0 Å². The van der Waals surface area contributed by atoms with Crippen LogP contribution in [0.3, 0.4) is 0 Å². The Morgan fingerprint density at radius 3 is 2.78 bits per heavy atom. The van der Waals surface area contributed by atoms with Gasteiger partial charge < -0.3 is 9.30 Å². The van der Waals surface area contributed by atoms with Crippen molar-refractivity contribution in [1.82, 2.24) is 9.55 Å². The van der Waals surface area contributed by atoms with Crippen LogP contribution in [0.2, 0.25) is 5.02 Å². The Morgan fingerprint density at radius 2 is 2.09 bits per heavy atom. The van der Waals surface area contributed by atoms with Crippen molar-refractivity contribution in [1.29, 1.82) is 0 Å². The molecule has 0 aliphatic carbocycles. The van der Waals surface area contributed by atoms with Gasteiger partial charge in [-0.25, -0.2) is 4.98 Å². The van der Waals surface area contributed by atoms with E-state index in [1.807, 2.05) is 42.6 Å². The summed E-state index contributed by atoms with van der Waals surface area (Å²) in [4.78, 5) is 4.12. The van der Waals surface area contributed by atoms with Gasteiger partial charge in [-0.3, -0.25) is 0 Å². The van der Waals surface area contributed by atoms with Gasteiger partial charge in [-0.05, 0) is 24.1 Å². The lowest BCUT2D eigenvalue weighted by atomic mass is 10.2. The Balaban J connectivity index is 1.80. The van der Waals surface area contributed by atoms with Crippen molar-refractivity contribution >= 4 is 23.4 Å². The molecule has 1 aromatic heterocycles. The van der Waals surface area contributed by atoms with E-state index in [0.717, 1.165) is 37.0 Å². The molecule has 1 heterocycles. The molecule has 1 atom stereocenters. The lowest BCUT2D eigenvalue weighted by Gasteiger charge is -2.17. The number of nitrogens with zero attached hydrogens (tertiary/aromatic N) is 2. The number of ether oxygens (including phenoxy) is 1. The quantitative estimate of drug-likeness (QED) is 0.530. The van der Waals surface area contributed by atoms with Crippen LogP contribution >= 0.6 is 23.4 Å². The summed E-state index contributed by atoms with van der Waals surface area (Å²) in [7, 11) is 0. The molecule has 2 rings (SSSR count). The van der Waals surface area contributed by atoms with Crippen molar-refractivity contribution in [2.75, 3.05) is 13.2 Å². The van der Waals surface area contributed by atoms with Gasteiger partial charge in [0.25, 0.3) is 0 Å². The topological polar surface area (TPSA) is 27.1 Å². The number of unbranched alkanes of at least 4 members (excludes halogenated alkanes) is 2. The molecule has 0 saturated heterocycles. The second kappa shape index (κ2) is 10.7. The Morgan fingerprint density at radius 1 is 1.26 bits per heavy atom. The summed E-state index contributed by atoms with van der Waals surface area (Å²) in [6.07, 6.45) is 9.32. The van der Waals surface area contributed by atoms with E-state index >= 15 is 0 Å². The first-order chi connectivity index (χ1) is 11.3. The van der Waals surface area contributed by atoms with Crippen molar-refractivity contribution in [3.05, 3.63) is 53.6 Å². The van der Waals surface area contributed by atoms with Crippen LogP contribution in [-0.4, -0.2) is 28.0 Å². The molecule has 0 aliphatic heterocycles. The summed E-state index contributed by atoms with van der Waals surface area (Å²) < 4.78 is 8.00. The Bertz CT molecular complexity index is 530. The van der Waals surface area contributed by atoms with Crippen molar-refractivity contribution in [2.45, 2.75) is 43.7 Å². The fraction of sp³-hybridized carbons (Fsp3) is 0.500. The largest absolute Gasteiger partial charge is 0.380 e. The Hall–Kier alpha value is -0.970. The Kier molecular flexibility index (Phi) is 8.58. The smallest absolute Gasteiger partial charge is 0.0946 e. The van der Waals surface area contributed by atoms with Crippen LogP contribution in [-0.2, 0) is 17.0 Å². The predicted molar refractivity (Wildman–Crippen MR) is 99.1 cm³/mol. The summed E-state index contributed by atoms with van der Waals surface area (Å²) in [5.41, 5.74) is 1.29. The number of halogens is 1. The van der Waals surface area contributed by atoms with E-state index in [2.05, 4.69) is 28.6 Å². The van der Waals surface area contributed by atoms with Crippen LogP contribution in [0.15, 0.2) is 43.0 Å². The third-order valence-corrected chi connectivity index (χ3v) is 5.08. The van der Waals surface area contributed by atoms with Gasteiger partial charge in [-0.15, -0.1) is 11.8 Å². The van der Waals surface area contributed by atoms with Gasteiger partial charge in [0, 0.05) is 41.6 Å². The van der Waals surface area contributed by atoms with E-state index in [4.69, 9.17) is 16.3 Å². The summed E-state index contributed by atoms with van der Waals surface area (Å²) in [5.74, 6) is 0.967. The van der Waals surface area contributed by atoms with E-state index < -0.39 is 0 Å². The normalized spacial score (nSPS) is 12.4. The summed E-state index contributed by atoms with van der Waals surface area (Å²) >= 11 is 7.87. The van der Waals surface area contributed by atoms with Crippen molar-refractivity contribution < 1.29 is 4.74 Å². The highest BCUT2D eigenvalue weighted by Crippen LogP contribution is 2.21. The lowest BCUT2D eigenvalue weighted by Crippen LogP contribution is -2.19. The Labute approximate surface area is 148 Å². The molecule has 1 unspecified atom stereocenters. The highest BCUT2D eigenvalue weighted by molar-refractivity contribution is 7.99. The van der Waals surface area contributed by atoms with Gasteiger partial charge in [0.1, 0.15) is 0 Å². The molecule has 2 aromatic rings. The first-order valence-corrected chi connectivity index (χ1v) is 9.60. The summed E-state index contributed by atoms with van der Waals surface area (Å²) in [6, 6.07) is 8.07. The molecule has 5 heteroatoms. The molecular weight excluding hydrogens is 328 g/mol. The minimum Gasteiger partial charge on any atom is -0.380 e. The number of rotatable bonds is 11. The molecule has 0 fully saturated rings. The number of aromatic nitrogens is 2. The standard InChI is InChI=1S/C18H25ClN2OS/c1-2-3-4-11-22-13-18(12-21-10-9-20-15-21)23-14-16-5-7-17(19)8-6-16/h5-10,15,18H,2-4,11-14H2,1H3. The monoisotopic (exact) mass is 352 g/mol. The molecule has 3 nitrogen and oxygen atoms in total. The first-order valence-electron chi connectivity index (χ1n) is 8.17. The number of hydrogen-bond donors (Lipinski definition) is 0. The van der Waals surface area contributed by atoms with Gasteiger partial charge in [-0.1, -0.05) is 43.5 Å². The van der Waals surface area contributed by atoms with Crippen LogP contribution in [0, 0.1) is 0 Å². The minimum atomic E-state index is 0.418. The molecule has 0 bridgehead atoms. The van der Waals surface area contributed by atoms with Crippen LogP contribution in [0.1, 0.15) is 31.7 Å². The van der Waals surface area contributed by atoms with Crippen LogP contribution in [0.4, 0.5) is 0 Å². The highest BCUT2D eigenvalue weighted by Gasteiger charge is 2.11. The SMILES string of the molecule is CCCCCOCC(Cn1ccnc1)SCc1ccc(Cl)cc1. The third-order valence-electron chi connectivity index (χ3n) is 3.57. The van der Waals surface area contributed by atoms with Gasteiger partial charge >= 0.3 is 0 Å². The molecule has 0 N–H and O–H groups in total. The summed E-state index contributed by atoms with van der Waals surface area (Å²) in [5, 5.41) is 1.20. The van der Waals surface area contributed by atoms with E-state index in [1.54, 1.807) is 0 Å². The zero-order chi connectivity index (χ0) is 16.3. The lowest BCUT2D eigenvalue weighted by molar-refractivity contribution is 0.128. The molecular formula is C18H25ClN2OS. The van der Waals surface area contributed by atoms with Crippen LogP contribution in [0.5, 0.6) is 0 Å². The predicted octanol–water partition coefficient (Wildman–Crippen LogP) is 5.05. The van der Waals surface area contributed by atoms with Crippen molar-refractivity contribution in [3.63, 3.8) is 0 Å². The maximum atomic E-state index is 5.94. The molecule has 0 amide bonds. The average molecular weight is 353 g/mol. The van der Waals surface area contributed by atoms with E-state index in [-0.39, 0.29) is 0 Å². The molecule has 23 heavy (non-hydrogen) atoms. The second-order valence-corrected chi connectivity index (χ2v) is 7.33. The first kappa shape index (κ1) is 18.4. The van der Waals surface area contributed by atoms with Crippen LogP contribution < -0.4 is 0 Å². The fourth-order valence-electron chi connectivity index (χ4n) is 2.25. The molecule has 0 radical (unpaired) electrons. The summed E-state index contributed by atoms with van der Waals surface area (Å²) in [6.45, 7) is 4.77. The van der Waals surface area contributed by atoms with E-state index in [9.17, 15) is 0 Å². The second-order valence-electron chi connectivity index (χ2n) is 5.60. The van der Waals surface area contributed by atoms with Gasteiger partial charge in [0.05, 0.1) is 12.9 Å². The van der Waals surface area contributed by atoms with Gasteiger partial charge in [0.15, 0.2) is 0 Å². The molecule has 126 valence electrons. The molecule has 1 aromatic carbocycles. The fourth-order valence-corrected chi connectivity index (χ4v) is 3.46. The number of benzene rings is 1. The maximum Gasteiger partial charge on any atom is 0.0946 e. The molecule has 0 aliphatic rings. The highest BCUT2D eigenvalue weighted by atomic mass is 35.5. The maximum absolute atomic E-state index is 5.94. The van der Waals surface area contributed by atoms with Crippen molar-refractivity contribution in [3.8, 4) is 0 Å². The average Bonchev–Trinajstić information content (AvgIpc) is 3.06. The van der Waals surface area contributed by atoms with Gasteiger partial charge in [0.2, 0.25) is 0 Å². The zero-order valence-electron chi connectivity index (χ0n) is 13.7. The number of hydrogen-bond acceptors (Lipinski definition) is 3. The van der Waals surface area contributed by atoms with E-state index in [0.29, 0.717) is 5.25 Å². The number of imidazole rings is 1. The third kappa shape index (κ3) is 7.42. The zero-order valence-corrected chi connectivity index (χ0v) is 15.2. The molecule has 0 saturated carbocycles. The minimum absolute atomic E-state index is 0.418. The van der Waals surface area contributed by atoms with Crippen molar-refractivity contribution in [2.24, 2.45) is 0 Å².